The summed E-state index contributed by atoms with van der Waals surface area (Å²) in [4.78, 5) is 19.9. The Balaban J connectivity index is 2.20. The van der Waals surface area contributed by atoms with Crippen molar-refractivity contribution in [1.82, 2.24) is 9.97 Å². The fourth-order valence-corrected chi connectivity index (χ4v) is 2.03. The van der Waals surface area contributed by atoms with Gasteiger partial charge in [-0.2, -0.15) is 0 Å². The van der Waals surface area contributed by atoms with E-state index in [2.05, 4.69) is 25.9 Å². The first-order chi connectivity index (χ1) is 9.08. The number of carbonyl (C=O) groups is 1. The van der Waals surface area contributed by atoms with E-state index in [4.69, 9.17) is 4.74 Å². The Hall–Kier alpha value is -1.82. The number of rotatable bonds is 4. The first-order valence-corrected chi connectivity index (χ1v) is 6.22. The highest BCUT2D eigenvalue weighted by Crippen LogP contribution is 2.17. The second-order valence-electron chi connectivity index (χ2n) is 3.81. The van der Waals surface area contributed by atoms with Crippen LogP contribution >= 0.6 is 15.9 Å². The van der Waals surface area contributed by atoms with E-state index >= 15 is 0 Å². The van der Waals surface area contributed by atoms with Gasteiger partial charge in [-0.25, -0.2) is 14.4 Å². The normalized spacial score (nSPS) is 10.3. The van der Waals surface area contributed by atoms with Crippen molar-refractivity contribution in [2.45, 2.75) is 6.42 Å². The summed E-state index contributed by atoms with van der Waals surface area (Å²) >= 11 is 3.15. The van der Waals surface area contributed by atoms with E-state index in [0.717, 1.165) is 0 Å². The van der Waals surface area contributed by atoms with Gasteiger partial charge in [-0.3, -0.25) is 4.79 Å². The van der Waals surface area contributed by atoms with Crippen LogP contribution < -0.4 is 4.74 Å². The Morgan fingerprint density at radius 1 is 1.32 bits per heavy atom. The molecular weight excluding hydrogens is 315 g/mol. The summed E-state index contributed by atoms with van der Waals surface area (Å²) in [6.45, 7) is 0. The molecule has 1 heterocycles. The molecule has 1 aromatic heterocycles. The van der Waals surface area contributed by atoms with Crippen LogP contribution in [0.3, 0.4) is 0 Å². The minimum Gasteiger partial charge on any atom is -0.481 e. The molecule has 2 rings (SSSR count). The summed E-state index contributed by atoms with van der Waals surface area (Å²) in [5.74, 6) is -0.294. The molecule has 0 bridgehead atoms. The summed E-state index contributed by atoms with van der Waals surface area (Å²) in [7, 11) is 1.48. The van der Waals surface area contributed by atoms with E-state index in [0.29, 0.717) is 21.6 Å². The van der Waals surface area contributed by atoms with Crippen LogP contribution in [-0.4, -0.2) is 22.9 Å². The Labute approximate surface area is 117 Å². The third-order valence-electron chi connectivity index (χ3n) is 2.43. The van der Waals surface area contributed by atoms with E-state index in [1.807, 2.05) is 0 Å². The average molecular weight is 325 g/mol. The van der Waals surface area contributed by atoms with Crippen molar-refractivity contribution in [3.63, 3.8) is 0 Å². The monoisotopic (exact) mass is 324 g/mol. The number of aromatic nitrogens is 2. The van der Waals surface area contributed by atoms with E-state index in [1.165, 1.54) is 25.6 Å². The number of hydrogen-bond donors (Lipinski definition) is 0. The lowest BCUT2D eigenvalue weighted by Gasteiger charge is -2.03. The van der Waals surface area contributed by atoms with Gasteiger partial charge in [-0.15, -0.1) is 0 Å². The molecule has 0 fully saturated rings. The van der Waals surface area contributed by atoms with Crippen molar-refractivity contribution in [3.05, 3.63) is 52.1 Å². The predicted molar refractivity (Wildman–Crippen MR) is 70.7 cm³/mol. The molecule has 6 heteroatoms. The maximum Gasteiger partial charge on any atom is 0.216 e. The Bertz CT molecular complexity index is 599. The molecule has 0 atom stereocenters. The van der Waals surface area contributed by atoms with Gasteiger partial charge in [0.1, 0.15) is 12.1 Å². The fraction of sp³-hybridized carbons (Fsp3) is 0.154. The second-order valence-corrected chi connectivity index (χ2v) is 4.73. The molecule has 19 heavy (non-hydrogen) atoms. The second kappa shape index (κ2) is 5.88. The number of carbonyl (C=O) groups excluding carboxylic acids is 1. The molecule has 0 aliphatic rings. The molecule has 0 aliphatic heterocycles. The summed E-state index contributed by atoms with van der Waals surface area (Å²) in [6, 6.07) is 5.64. The number of Topliss-reactive ketones (excluding diaryl/α,β-unsaturated/α-hetero) is 1. The number of nitrogens with zero attached hydrogens (tertiary/aromatic N) is 2. The number of benzene rings is 1. The molecule has 0 aliphatic carbocycles. The predicted octanol–water partition coefficient (Wildman–Crippen LogP) is 2.81. The summed E-state index contributed by atoms with van der Waals surface area (Å²) in [5, 5.41) is 0. The van der Waals surface area contributed by atoms with E-state index in [1.54, 1.807) is 12.1 Å². The van der Waals surface area contributed by atoms with E-state index in [9.17, 15) is 9.18 Å². The van der Waals surface area contributed by atoms with Crippen molar-refractivity contribution in [2.24, 2.45) is 0 Å². The zero-order valence-electron chi connectivity index (χ0n) is 10.1. The Morgan fingerprint density at radius 3 is 2.79 bits per heavy atom. The van der Waals surface area contributed by atoms with E-state index < -0.39 is 5.82 Å². The van der Waals surface area contributed by atoms with Crippen molar-refractivity contribution in [1.29, 1.82) is 0 Å². The highest BCUT2D eigenvalue weighted by Gasteiger charge is 2.11. The van der Waals surface area contributed by atoms with Crippen LogP contribution in [0, 0.1) is 5.82 Å². The molecule has 1 aromatic carbocycles. The number of hydrogen-bond acceptors (Lipinski definition) is 4. The SMILES string of the molecule is COc1cc(CC(=O)c2cc(F)cc(Br)c2)ncn1. The zero-order chi connectivity index (χ0) is 13.8. The van der Waals surface area contributed by atoms with Gasteiger partial charge < -0.3 is 4.74 Å². The maximum atomic E-state index is 13.2. The molecule has 2 aromatic rings. The van der Waals surface area contributed by atoms with Gasteiger partial charge in [-0.05, 0) is 18.2 Å². The molecular formula is C13H10BrFN2O2. The highest BCUT2D eigenvalue weighted by atomic mass is 79.9. The molecule has 0 spiro atoms. The Kier molecular flexibility index (Phi) is 4.21. The molecule has 0 saturated carbocycles. The van der Waals surface area contributed by atoms with Crippen LogP contribution in [0.2, 0.25) is 0 Å². The first kappa shape index (κ1) is 13.6. The van der Waals surface area contributed by atoms with Gasteiger partial charge in [-0.1, -0.05) is 15.9 Å². The number of methoxy groups -OCH3 is 1. The average Bonchev–Trinajstić information content (AvgIpc) is 2.37. The van der Waals surface area contributed by atoms with Gasteiger partial charge in [0.15, 0.2) is 5.78 Å². The molecule has 0 unspecified atom stereocenters. The standard InChI is InChI=1S/C13H10BrFN2O2/c1-19-13-6-11(16-7-17-13)5-12(18)8-2-9(14)4-10(15)3-8/h2-4,6-7H,5H2,1H3. The minimum atomic E-state index is -0.460. The molecule has 0 saturated heterocycles. The van der Waals surface area contributed by atoms with E-state index in [-0.39, 0.29) is 12.2 Å². The van der Waals surface area contributed by atoms with Crippen LogP contribution in [0.15, 0.2) is 35.1 Å². The smallest absolute Gasteiger partial charge is 0.216 e. The third-order valence-corrected chi connectivity index (χ3v) is 2.89. The molecule has 98 valence electrons. The van der Waals surface area contributed by atoms with Crippen LogP contribution in [-0.2, 0) is 6.42 Å². The zero-order valence-corrected chi connectivity index (χ0v) is 11.6. The Morgan fingerprint density at radius 2 is 2.11 bits per heavy atom. The quantitative estimate of drug-likeness (QED) is 0.811. The third kappa shape index (κ3) is 3.57. The van der Waals surface area contributed by atoms with Crippen molar-refractivity contribution < 1.29 is 13.9 Å². The number of ketones is 1. The lowest BCUT2D eigenvalue weighted by molar-refractivity contribution is 0.0991. The molecule has 0 radical (unpaired) electrons. The number of ether oxygens (including phenoxy) is 1. The fourth-order valence-electron chi connectivity index (χ4n) is 1.57. The summed E-state index contributed by atoms with van der Waals surface area (Å²) in [6.07, 6.45) is 1.39. The lowest BCUT2D eigenvalue weighted by atomic mass is 10.1. The summed E-state index contributed by atoms with van der Waals surface area (Å²) < 4.78 is 18.7. The molecule has 4 nitrogen and oxygen atoms in total. The van der Waals surface area contributed by atoms with Crippen LogP contribution in [0.25, 0.3) is 0 Å². The van der Waals surface area contributed by atoms with Gasteiger partial charge in [0.25, 0.3) is 0 Å². The first-order valence-electron chi connectivity index (χ1n) is 5.42. The van der Waals surface area contributed by atoms with Gasteiger partial charge >= 0.3 is 0 Å². The van der Waals surface area contributed by atoms with Crippen LogP contribution in [0.5, 0.6) is 5.88 Å². The van der Waals surface area contributed by atoms with Gasteiger partial charge in [0.2, 0.25) is 5.88 Å². The summed E-state index contributed by atoms with van der Waals surface area (Å²) in [5.41, 5.74) is 0.821. The van der Waals surface area contributed by atoms with Gasteiger partial charge in [0.05, 0.1) is 19.2 Å². The molecule has 0 N–H and O–H groups in total. The maximum absolute atomic E-state index is 13.2. The minimum absolute atomic E-state index is 0.0643. The molecule has 0 amide bonds. The van der Waals surface area contributed by atoms with Crippen LogP contribution in [0.1, 0.15) is 16.1 Å². The van der Waals surface area contributed by atoms with Crippen molar-refractivity contribution in [3.8, 4) is 5.88 Å². The van der Waals surface area contributed by atoms with Crippen molar-refractivity contribution >= 4 is 21.7 Å². The van der Waals surface area contributed by atoms with Crippen molar-refractivity contribution in [2.75, 3.05) is 7.11 Å². The van der Waals surface area contributed by atoms with Gasteiger partial charge in [0, 0.05) is 16.1 Å². The topological polar surface area (TPSA) is 52.1 Å². The van der Waals surface area contributed by atoms with Crippen LogP contribution in [0.4, 0.5) is 4.39 Å². The largest absolute Gasteiger partial charge is 0.481 e. The lowest BCUT2D eigenvalue weighted by Crippen LogP contribution is -2.06. The number of halogens is 2. The highest BCUT2D eigenvalue weighted by molar-refractivity contribution is 9.10.